The van der Waals surface area contributed by atoms with E-state index in [0.29, 0.717) is 16.4 Å². The van der Waals surface area contributed by atoms with Crippen molar-refractivity contribution in [2.75, 3.05) is 5.32 Å². The molecule has 0 aliphatic rings. The van der Waals surface area contributed by atoms with Crippen molar-refractivity contribution in [2.24, 2.45) is 0 Å². The Labute approximate surface area is 131 Å². The average Bonchev–Trinajstić information content (AvgIpc) is 2.57. The fraction of sp³-hybridized carbons (Fsp3) is 0.0625. The molecule has 0 saturated heterocycles. The Kier molecular flexibility index (Phi) is 4.16. The van der Waals surface area contributed by atoms with Gasteiger partial charge >= 0.3 is 6.09 Å². The maximum Gasteiger partial charge on any atom is 0.413 e. The van der Waals surface area contributed by atoms with E-state index < -0.39 is 6.09 Å². The van der Waals surface area contributed by atoms with Crippen LogP contribution in [0.25, 0.3) is 10.8 Å². The maximum atomic E-state index is 11.9. The number of hydrogen-bond donors (Lipinski definition) is 1. The van der Waals surface area contributed by atoms with Crippen LogP contribution in [-0.2, 0) is 11.3 Å². The van der Waals surface area contributed by atoms with Crippen LogP contribution in [0.15, 0.2) is 54.6 Å². The highest BCUT2D eigenvalue weighted by Gasteiger charge is 2.11. The molecule has 0 radical (unpaired) electrons. The predicted octanol–water partition coefficient (Wildman–Crippen LogP) is 4.03. The first-order chi connectivity index (χ1) is 10.7. The van der Waals surface area contributed by atoms with Crippen molar-refractivity contribution in [2.45, 2.75) is 6.61 Å². The zero-order valence-corrected chi connectivity index (χ0v) is 12.2. The van der Waals surface area contributed by atoms with Gasteiger partial charge in [0.2, 0.25) is 0 Å². The van der Waals surface area contributed by atoms with Crippen molar-refractivity contribution in [3.05, 3.63) is 65.3 Å². The summed E-state index contributed by atoms with van der Waals surface area (Å²) in [5.74, 6) is 0.318. The maximum absolute atomic E-state index is 11.9. The minimum atomic E-state index is -0.592. The highest BCUT2D eigenvalue weighted by molar-refractivity contribution is 6.34. The lowest BCUT2D eigenvalue weighted by Crippen LogP contribution is -2.15. The number of ether oxygens (including phenoxy) is 1. The first kappa shape index (κ1) is 14.3. The van der Waals surface area contributed by atoms with E-state index in [-0.39, 0.29) is 6.61 Å². The monoisotopic (exact) mass is 313 g/mol. The molecule has 3 rings (SSSR count). The fourth-order valence-electron chi connectivity index (χ4n) is 2.02. The minimum absolute atomic E-state index is 0.186. The molecule has 2 aromatic carbocycles. The van der Waals surface area contributed by atoms with Gasteiger partial charge in [0.05, 0.1) is 0 Å². The van der Waals surface area contributed by atoms with Crippen molar-refractivity contribution in [1.29, 1.82) is 0 Å². The number of nitrogens with zero attached hydrogens (tertiary/aromatic N) is 2. The molecule has 0 fully saturated rings. The molecule has 0 saturated carbocycles. The minimum Gasteiger partial charge on any atom is -0.444 e. The lowest BCUT2D eigenvalue weighted by Gasteiger charge is -2.08. The summed E-state index contributed by atoms with van der Waals surface area (Å²) in [5, 5.41) is 12.0. The molecule has 110 valence electrons. The third-order valence-electron chi connectivity index (χ3n) is 3.08. The van der Waals surface area contributed by atoms with E-state index in [2.05, 4.69) is 15.5 Å². The van der Waals surface area contributed by atoms with Gasteiger partial charge in [-0.1, -0.05) is 66.2 Å². The first-order valence-corrected chi connectivity index (χ1v) is 7.00. The normalized spacial score (nSPS) is 10.4. The van der Waals surface area contributed by atoms with Gasteiger partial charge in [-0.15, -0.1) is 10.2 Å². The Bertz CT molecular complexity index is 809. The molecule has 0 unspecified atom stereocenters. The topological polar surface area (TPSA) is 64.1 Å². The smallest absolute Gasteiger partial charge is 0.413 e. The Morgan fingerprint density at radius 1 is 1.00 bits per heavy atom. The van der Waals surface area contributed by atoms with Crippen molar-refractivity contribution in [3.8, 4) is 0 Å². The molecule has 5 nitrogen and oxygen atoms in total. The summed E-state index contributed by atoms with van der Waals surface area (Å²) in [6.07, 6.45) is -0.592. The number of benzene rings is 2. The van der Waals surface area contributed by atoms with Crippen molar-refractivity contribution >= 4 is 34.3 Å². The van der Waals surface area contributed by atoms with Crippen molar-refractivity contribution < 1.29 is 9.53 Å². The van der Waals surface area contributed by atoms with Crippen LogP contribution in [0.5, 0.6) is 0 Å². The molecular formula is C16H12ClN3O2. The third kappa shape index (κ3) is 3.15. The number of amides is 1. The zero-order valence-electron chi connectivity index (χ0n) is 11.5. The van der Waals surface area contributed by atoms with E-state index in [0.717, 1.165) is 10.9 Å². The molecular weight excluding hydrogens is 302 g/mol. The number of nitrogens with one attached hydrogen (secondary N) is 1. The van der Waals surface area contributed by atoms with Crippen LogP contribution in [0.4, 0.5) is 10.6 Å². The van der Waals surface area contributed by atoms with E-state index in [9.17, 15) is 4.79 Å². The summed E-state index contributed by atoms with van der Waals surface area (Å²) in [5.41, 5.74) is 0.907. The van der Waals surface area contributed by atoms with Gasteiger partial charge in [0.15, 0.2) is 11.0 Å². The Hall–Kier alpha value is -2.66. The van der Waals surface area contributed by atoms with Gasteiger partial charge in [-0.25, -0.2) is 4.79 Å². The fourth-order valence-corrected chi connectivity index (χ4v) is 2.22. The van der Waals surface area contributed by atoms with Crippen LogP contribution < -0.4 is 5.32 Å². The first-order valence-electron chi connectivity index (χ1n) is 6.62. The van der Waals surface area contributed by atoms with E-state index >= 15 is 0 Å². The summed E-state index contributed by atoms with van der Waals surface area (Å²) >= 11 is 5.99. The second-order valence-electron chi connectivity index (χ2n) is 4.57. The molecule has 0 aliphatic carbocycles. The number of anilines is 1. The molecule has 0 atom stereocenters. The molecule has 6 heteroatoms. The second kappa shape index (κ2) is 6.41. The summed E-state index contributed by atoms with van der Waals surface area (Å²) in [6, 6.07) is 16.7. The molecule has 1 N–H and O–H groups in total. The van der Waals surface area contributed by atoms with E-state index in [1.807, 2.05) is 54.6 Å². The Morgan fingerprint density at radius 2 is 1.68 bits per heavy atom. The number of rotatable bonds is 3. The van der Waals surface area contributed by atoms with Gasteiger partial charge in [-0.3, -0.25) is 5.32 Å². The van der Waals surface area contributed by atoms with Gasteiger partial charge in [0.25, 0.3) is 0 Å². The molecule has 0 bridgehead atoms. The second-order valence-corrected chi connectivity index (χ2v) is 4.93. The highest BCUT2D eigenvalue weighted by Crippen LogP contribution is 2.25. The molecule has 22 heavy (non-hydrogen) atoms. The third-order valence-corrected chi connectivity index (χ3v) is 3.35. The SMILES string of the molecule is O=C(Nc1nnc(Cl)c2ccccc12)OCc1ccccc1. The predicted molar refractivity (Wildman–Crippen MR) is 84.8 cm³/mol. The lowest BCUT2D eigenvalue weighted by atomic mass is 10.2. The Balaban J connectivity index is 1.73. The standard InChI is InChI=1S/C16H12ClN3O2/c17-14-12-8-4-5-9-13(12)15(20-19-14)18-16(21)22-10-11-6-2-1-3-7-11/h1-9H,10H2,(H,18,20,21). The van der Waals surface area contributed by atoms with Crippen LogP contribution in [0.1, 0.15) is 5.56 Å². The van der Waals surface area contributed by atoms with Crippen LogP contribution in [0.2, 0.25) is 5.15 Å². The van der Waals surface area contributed by atoms with Crippen molar-refractivity contribution in [1.82, 2.24) is 10.2 Å². The molecule has 0 spiro atoms. The van der Waals surface area contributed by atoms with Crippen LogP contribution >= 0.6 is 11.6 Å². The van der Waals surface area contributed by atoms with Crippen LogP contribution in [0, 0.1) is 0 Å². The van der Waals surface area contributed by atoms with Gasteiger partial charge in [0.1, 0.15) is 6.61 Å². The van der Waals surface area contributed by atoms with Gasteiger partial charge in [-0.05, 0) is 5.56 Å². The van der Waals surface area contributed by atoms with Crippen molar-refractivity contribution in [3.63, 3.8) is 0 Å². The molecule has 1 aromatic heterocycles. The quantitative estimate of drug-likeness (QED) is 0.793. The summed E-state index contributed by atoms with van der Waals surface area (Å²) in [7, 11) is 0. The number of carbonyl (C=O) groups is 1. The highest BCUT2D eigenvalue weighted by atomic mass is 35.5. The molecule has 0 aliphatic heterocycles. The summed E-state index contributed by atoms with van der Waals surface area (Å²) in [4.78, 5) is 11.9. The average molecular weight is 314 g/mol. The van der Waals surface area contributed by atoms with Crippen LogP contribution in [0.3, 0.4) is 0 Å². The van der Waals surface area contributed by atoms with E-state index in [1.165, 1.54) is 0 Å². The number of fused-ring (bicyclic) bond motifs is 1. The number of hydrogen-bond acceptors (Lipinski definition) is 4. The number of carbonyl (C=O) groups excluding carboxylic acids is 1. The lowest BCUT2D eigenvalue weighted by molar-refractivity contribution is 0.155. The summed E-state index contributed by atoms with van der Waals surface area (Å²) < 4.78 is 5.16. The van der Waals surface area contributed by atoms with E-state index in [4.69, 9.17) is 16.3 Å². The molecule has 1 amide bonds. The van der Waals surface area contributed by atoms with Gasteiger partial charge in [0, 0.05) is 10.8 Å². The summed E-state index contributed by atoms with van der Waals surface area (Å²) in [6.45, 7) is 0.186. The van der Waals surface area contributed by atoms with E-state index in [1.54, 1.807) is 0 Å². The van der Waals surface area contributed by atoms with Crippen LogP contribution in [-0.4, -0.2) is 16.3 Å². The van der Waals surface area contributed by atoms with Gasteiger partial charge in [-0.2, -0.15) is 0 Å². The zero-order chi connectivity index (χ0) is 15.4. The van der Waals surface area contributed by atoms with Gasteiger partial charge < -0.3 is 4.74 Å². The molecule has 3 aromatic rings. The number of halogens is 1. The molecule has 1 heterocycles. The Morgan fingerprint density at radius 3 is 2.45 bits per heavy atom. The number of aromatic nitrogens is 2. The largest absolute Gasteiger partial charge is 0.444 e.